The first-order chi connectivity index (χ1) is 8.60. The van der Waals surface area contributed by atoms with Crippen LogP contribution in [0.25, 0.3) is 0 Å². The topological polar surface area (TPSA) is 54.0 Å². The molecular weight excluding hydrogens is 309 g/mol. The zero-order valence-corrected chi connectivity index (χ0v) is 13.4. The summed E-state index contributed by atoms with van der Waals surface area (Å²) in [5.74, 6) is 0.170. The largest absolute Gasteiger partial charge is 0.357 e. The van der Waals surface area contributed by atoms with Crippen molar-refractivity contribution in [2.45, 2.75) is 39.3 Å². The van der Waals surface area contributed by atoms with E-state index in [0.29, 0.717) is 10.8 Å². The Bertz CT molecular complexity index is 486. The van der Waals surface area contributed by atoms with Crippen LogP contribution in [-0.4, -0.2) is 22.5 Å². The number of amides is 1. The van der Waals surface area contributed by atoms with Crippen molar-refractivity contribution >= 4 is 46.5 Å². The number of aromatic nitrogens is 1. The molecule has 0 aromatic carbocycles. The minimum atomic E-state index is -0.499. The van der Waals surface area contributed by atoms with E-state index in [1.807, 2.05) is 20.8 Å². The molecule has 0 bridgehead atoms. The van der Waals surface area contributed by atoms with E-state index in [9.17, 15) is 4.79 Å². The summed E-state index contributed by atoms with van der Waals surface area (Å²) in [5, 5.41) is 6.47. The predicted molar refractivity (Wildman–Crippen MR) is 80.2 cm³/mol. The van der Waals surface area contributed by atoms with Crippen molar-refractivity contribution in [2.24, 2.45) is 0 Å². The highest BCUT2D eigenvalue weighted by Crippen LogP contribution is 2.29. The molecule has 19 heavy (non-hydrogen) atoms. The Hall–Kier alpha value is -0.710. The Morgan fingerprint density at radius 3 is 2.37 bits per heavy atom. The smallest absolute Gasteiger partial charge is 0.242 e. The molecule has 106 valence electrons. The van der Waals surface area contributed by atoms with Crippen molar-refractivity contribution in [3.8, 4) is 0 Å². The van der Waals surface area contributed by atoms with E-state index in [-0.39, 0.29) is 21.6 Å². The first kappa shape index (κ1) is 16.3. The molecule has 1 aromatic heterocycles. The van der Waals surface area contributed by atoms with Crippen LogP contribution in [0.4, 0.5) is 5.82 Å². The van der Waals surface area contributed by atoms with Crippen molar-refractivity contribution in [3.63, 3.8) is 0 Å². The summed E-state index contributed by atoms with van der Waals surface area (Å²) in [6.45, 7) is 7.42. The summed E-state index contributed by atoms with van der Waals surface area (Å²) in [5.41, 5.74) is -0.304. The molecule has 0 aliphatic rings. The Labute approximate surface area is 127 Å². The summed E-state index contributed by atoms with van der Waals surface area (Å²) >= 11 is 17.6. The van der Waals surface area contributed by atoms with Crippen LogP contribution >= 0.6 is 34.8 Å². The average molecular weight is 325 g/mol. The lowest BCUT2D eigenvalue weighted by Crippen LogP contribution is -2.47. The number of carbonyl (C=O) groups is 1. The molecule has 0 fully saturated rings. The maximum absolute atomic E-state index is 11.9. The molecule has 0 aliphatic heterocycles. The average Bonchev–Trinajstić information content (AvgIpc) is 2.23. The molecule has 1 amide bonds. The second kappa shape index (κ2) is 6.16. The summed E-state index contributed by atoms with van der Waals surface area (Å²) in [7, 11) is 0. The normalized spacial score (nSPS) is 13.0. The lowest BCUT2D eigenvalue weighted by molar-refractivity contribution is -0.122. The molecule has 1 heterocycles. The fraction of sp³-hybridized carbons (Fsp3) is 0.500. The Morgan fingerprint density at radius 2 is 1.84 bits per heavy atom. The first-order valence-corrected chi connectivity index (χ1v) is 6.83. The molecule has 2 N–H and O–H groups in total. The molecule has 4 nitrogen and oxygen atoms in total. The first-order valence-electron chi connectivity index (χ1n) is 5.70. The van der Waals surface area contributed by atoms with Gasteiger partial charge in [0, 0.05) is 5.54 Å². The summed E-state index contributed by atoms with van der Waals surface area (Å²) in [6, 6.07) is 0.983. The maximum atomic E-state index is 11.9. The van der Waals surface area contributed by atoms with Crippen LogP contribution in [0, 0.1) is 0 Å². The van der Waals surface area contributed by atoms with Crippen LogP contribution in [0.2, 0.25) is 15.2 Å². The summed E-state index contributed by atoms with van der Waals surface area (Å²) < 4.78 is 0. The standard InChI is InChI=1S/C12H16Cl3N3O/c1-6(11(19)18-12(2,3)4)16-10-8(14)5-7(13)9(15)17-10/h5-6H,1-4H3,(H,16,17)(H,18,19). The second-order valence-electron chi connectivity index (χ2n) is 5.20. The van der Waals surface area contributed by atoms with Crippen molar-refractivity contribution < 1.29 is 4.79 Å². The molecule has 0 aliphatic carbocycles. The van der Waals surface area contributed by atoms with Crippen LogP contribution in [0.1, 0.15) is 27.7 Å². The van der Waals surface area contributed by atoms with Gasteiger partial charge in [0.05, 0.1) is 10.0 Å². The third-order valence-electron chi connectivity index (χ3n) is 2.13. The molecule has 1 unspecified atom stereocenters. The van der Waals surface area contributed by atoms with Crippen molar-refractivity contribution in [2.75, 3.05) is 5.32 Å². The Kier molecular flexibility index (Phi) is 5.30. The number of nitrogens with zero attached hydrogens (tertiary/aromatic N) is 1. The van der Waals surface area contributed by atoms with E-state index < -0.39 is 6.04 Å². The van der Waals surface area contributed by atoms with E-state index in [1.54, 1.807) is 6.92 Å². The summed E-state index contributed by atoms with van der Waals surface area (Å²) in [6.07, 6.45) is 0. The lowest BCUT2D eigenvalue weighted by atomic mass is 10.1. The molecule has 0 saturated heterocycles. The number of carbonyl (C=O) groups excluding carboxylic acids is 1. The zero-order chi connectivity index (χ0) is 14.8. The van der Waals surface area contributed by atoms with Gasteiger partial charge < -0.3 is 10.6 Å². The molecule has 0 spiro atoms. The van der Waals surface area contributed by atoms with Crippen LogP contribution in [0.15, 0.2) is 6.07 Å². The van der Waals surface area contributed by atoms with Crippen LogP contribution < -0.4 is 10.6 Å². The van der Waals surface area contributed by atoms with Gasteiger partial charge in [0.2, 0.25) is 5.91 Å². The minimum Gasteiger partial charge on any atom is -0.357 e. The fourth-order valence-electron chi connectivity index (χ4n) is 1.29. The van der Waals surface area contributed by atoms with Gasteiger partial charge >= 0.3 is 0 Å². The summed E-state index contributed by atoms with van der Waals surface area (Å²) in [4.78, 5) is 15.9. The highest BCUT2D eigenvalue weighted by atomic mass is 35.5. The van der Waals surface area contributed by atoms with Crippen molar-refractivity contribution in [3.05, 3.63) is 21.3 Å². The predicted octanol–water partition coefficient (Wildman–Crippen LogP) is 3.76. The highest BCUT2D eigenvalue weighted by Gasteiger charge is 2.20. The number of hydrogen-bond acceptors (Lipinski definition) is 3. The van der Waals surface area contributed by atoms with Crippen molar-refractivity contribution in [1.82, 2.24) is 10.3 Å². The third kappa shape index (κ3) is 5.05. The number of pyridine rings is 1. The van der Waals surface area contributed by atoms with Gasteiger partial charge in [-0.15, -0.1) is 0 Å². The fourth-order valence-corrected chi connectivity index (χ4v) is 1.85. The lowest BCUT2D eigenvalue weighted by Gasteiger charge is -2.24. The van der Waals surface area contributed by atoms with Crippen LogP contribution in [0.3, 0.4) is 0 Å². The van der Waals surface area contributed by atoms with Crippen LogP contribution in [-0.2, 0) is 4.79 Å². The molecule has 1 atom stereocenters. The Balaban J connectivity index is 2.80. The number of nitrogens with one attached hydrogen (secondary N) is 2. The van der Waals surface area contributed by atoms with Gasteiger partial charge in [-0.25, -0.2) is 4.98 Å². The second-order valence-corrected chi connectivity index (χ2v) is 6.37. The SMILES string of the molecule is CC(Nc1nc(Cl)c(Cl)cc1Cl)C(=O)NC(C)(C)C. The van der Waals surface area contributed by atoms with Crippen LogP contribution in [0.5, 0.6) is 0 Å². The number of hydrogen-bond donors (Lipinski definition) is 2. The molecular formula is C12H16Cl3N3O. The molecule has 1 aromatic rings. The zero-order valence-electron chi connectivity index (χ0n) is 11.1. The monoisotopic (exact) mass is 323 g/mol. The van der Waals surface area contributed by atoms with Gasteiger partial charge in [0.1, 0.15) is 17.0 Å². The number of anilines is 1. The molecule has 1 rings (SSSR count). The quantitative estimate of drug-likeness (QED) is 0.832. The Morgan fingerprint density at radius 1 is 1.26 bits per heavy atom. The minimum absolute atomic E-state index is 0.136. The van der Waals surface area contributed by atoms with Gasteiger partial charge in [0.25, 0.3) is 0 Å². The molecule has 0 saturated carbocycles. The highest BCUT2D eigenvalue weighted by molar-refractivity contribution is 6.42. The van der Waals surface area contributed by atoms with E-state index in [4.69, 9.17) is 34.8 Å². The van der Waals surface area contributed by atoms with E-state index in [2.05, 4.69) is 15.6 Å². The third-order valence-corrected chi connectivity index (χ3v) is 3.09. The van der Waals surface area contributed by atoms with E-state index in [1.165, 1.54) is 6.07 Å². The van der Waals surface area contributed by atoms with Gasteiger partial charge in [-0.1, -0.05) is 34.8 Å². The van der Waals surface area contributed by atoms with E-state index in [0.717, 1.165) is 0 Å². The van der Waals surface area contributed by atoms with Gasteiger partial charge in [-0.3, -0.25) is 4.79 Å². The number of rotatable bonds is 3. The maximum Gasteiger partial charge on any atom is 0.242 e. The molecule has 7 heteroatoms. The number of halogens is 3. The van der Waals surface area contributed by atoms with E-state index >= 15 is 0 Å². The van der Waals surface area contributed by atoms with Gasteiger partial charge in [-0.2, -0.15) is 0 Å². The van der Waals surface area contributed by atoms with Gasteiger partial charge in [0.15, 0.2) is 0 Å². The van der Waals surface area contributed by atoms with Gasteiger partial charge in [-0.05, 0) is 33.8 Å². The molecule has 0 radical (unpaired) electrons. The van der Waals surface area contributed by atoms with Crippen molar-refractivity contribution in [1.29, 1.82) is 0 Å².